The fourth-order valence-electron chi connectivity index (χ4n) is 4.93. The quantitative estimate of drug-likeness (QED) is 0.335. The lowest BCUT2D eigenvalue weighted by Crippen LogP contribution is -2.22. The Kier molecular flexibility index (Phi) is 5.81. The van der Waals surface area contributed by atoms with Gasteiger partial charge in [-0.2, -0.15) is 0 Å². The molecule has 1 fully saturated rings. The number of pyridine rings is 1. The maximum Gasteiger partial charge on any atom is 0.183 e. The molecule has 1 saturated carbocycles. The molecular weight excluding hydrogens is 429 g/mol. The first-order chi connectivity index (χ1) is 15.0. The van der Waals surface area contributed by atoms with Crippen LogP contribution in [0.3, 0.4) is 0 Å². The van der Waals surface area contributed by atoms with Crippen molar-refractivity contribution in [3.05, 3.63) is 65.1 Å². The second-order valence-electron chi connectivity index (χ2n) is 8.69. The summed E-state index contributed by atoms with van der Waals surface area (Å²) < 4.78 is 14.9. The molecule has 5 rings (SSSR count). The van der Waals surface area contributed by atoms with Gasteiger partial charge in [0.15, 0.2) is 5.13 Å². The predicted molar refractivity (Wildman–Crippen MR) is 129 cm³/mol. The van der Waals surface area contributed by atoms with Crippen LogP contribution in [-0.2, 0) is 0 Å². The van der Waals surface area contributed by atoms with Crippen molar-refractivity contribution in [2.75, 3.05) is 5.32 Å². The first-order valence-electron chi connectivity index (χ1n) is 10.9. The van der Waals surface area contributed by atoms with Crippen LogP contribution in [0.4, 0.5) is 9.52 Å². The summed E-state index contributed by atoms with van der Waals surface area (Å²) in [6.45, 7) is 2.24. The summed E-state index contributed by atoms with van der Waals surface area (Å²) in [6, 6.07) is 13.2. The molecule has 2 aromatic heterocycles. The number of fused-ring (bicyclic) bond motifs is 2. The molecule has 3 nitrogen and oxygen atoms in total. The van der Waals surface area contributed by atoms with E-state index >= 15 is 0 Å². The van der Waals surface area contributed by atoms with Crippen molar-refractivity contribution >= 4 is 49.2 Å². The first kappa shape index (κ1) is 20.7. The van der Waals surface area contributed by atoms with Crippen molar-refractivity contribution in [1.82, 2.24) is 9.97 Å². The molecule has 2 heterocycles. The zero-order valence-corrected chi connectivity index (χ0v) is 19.0. The SMILES string of the molecule is CC(C[C@H]1CC[C@@H](c2ccnc3ccc(F)cc32)CC1)Nc1nc2ccc(Cl)cc2s1. The normalized spacial score (nSPS) is 20.2. The molecule has 1 aliphatic carbocycles. The van der Waals surface area contributed by atoms with Gasteiger partial charge < -0.3 is 5.32 Å². The monoisotopic (exact) mass is 453 g/mol. The van der Waals surface area contributed by atoms with Gasteiger partial charge in [0, 0.05) is 22.6 Å². The lowest BCUT2D eigenvalue weighted by atomic mass is 9.76. The molecule has 4 aromatic rings. The van der Waals surface area contributed by atoms with Crippen LogP contribution in [0.25, 0.3) is 21.1 Å². The zero-order chi connectivity index (χ0) is 21.4. The Bertz CT molecular complexity index is 1220. The molecule has 1 atom stereocenters. The molecule has 0 bridgehead atoms. The van der Waals surface area contributed by atoms with E-state index < -0.39 is 0 Å². The van der Waals surface area contributed by atoms with Gasteiger partial charge in [-0.3, -0.25) is 4.98 Å². The zero-order valence-electron chi connectivity index (χ0n) is 17.4. The molecule has 1 unspecified atom stereocenters. The number of benzene rings is 2. The molecule has 1 aliphatic rings. The molecule has 0 radical (unpaired) electrons. The van der Waals surface area contributed by atoms with Gasteiger partial charge in [0.25, 0.3) is 0 Å². The van der Waals surface area contributed by atoms with Gasteiger partial charge >= 0.3 is 0 Å². The highest BCUT2D eigenvalue weighted by Crippen LogP contribution is 2.40. The average Bonchev–Trinajstić information content (AvgIpc) is 3.15. The Labute approximate surface area is 190 Å². The largest absolute Gasteiger partial charge is 0.359 e. The highest BCUT2D eigenvalue weighted by Gasteiger charge is 2.25. The Morgan fingerprint density at radius 1 is 1.10 bits per heavy atom. The van der Waals surface area contributed by atoms with Crippen molar-refractivity contribution in [3.8, 4) is 0 Å². The number of nitrogens with zero attached hydrogens (tertiary/aromatic N) is 2. The third kappa shape index (κ3) is 4.53. The number of halogens is 2. The Morgan fingerprint density at radius 3 is 2.74 bits per heavy atom. The van der Waals surface area contributed by atoms with Gasteiger partial charge in [-0.15, -0.1) is 0 Å². The number of nitrogens with one attached hydrogen (secondary N) is 1. The number of hydrogen-bond acceptors (Lipinski definition) is 4. The molecule has 0 amide bonds. The van der Waals surface area contributed by atoms with E-state index in [0.29, 0.717) is 17.9 Å². The van der Waals surface area contributed by atoms with E-state index in [1.165, 1.54) is 24.5 Å². The van der Waals surface area contributed by atoms with Gasteiger partial charge in [0.05, 0.1) is 15.7 Å². The maximum atomic E-state index is 13.8. The first-order valence-corrected chi connectivity index (χ1v) is 12.1. The second kappa shape index (κ2) is 8.71. The van der Waals surface area contributed by atoms with Gasteiger partial charge in [-0.25, -0.2) is 9.37 Å². The second-order valence-corrected chi connectivity index (χ2v) is 10.2. The summed E-state index contributed by atoms with van der Waals surface area (Å²) in [5.41, 5.74) is 3.13. The van der Waals surface area contributed by atoms with Crippen molar-refractivity contribution < 1.29 is 4.39 Å². The van der Waals surface area contributed by atoms with E-state index in [1.54, 1.807) is 23.5 Å². The van der Waals surface area contributed by atoms with Crippen molar-refractivity contribution in [1.29, 1.82) is 0 Å². The van der Waals surface area contributed by atoms with Gasteiger partial charge in [0.2, 0.25) is 0 Å². The van der Waals surface area contributed by atoms with Gasteiger partial charge in [0.1, 0.15) is 5.82 Å². The van der Waals surface area contributed by atoms with E-state index in [4.69, 9.17) is 11.6 Å². The van der Waals surface area contributed by atoms with Crippen LogP contribution in [0.5, 0.6) is 0 Å². The average molecular weight is 454 g/mol. The molecule has 0 spiro atoms. The van der Waals surface area contributed by atoms with Crippen molar-refractivity contribution in [2.45, 2.75) is 51.0 Å². The molecule has 2 aromatic carbocycles. The van der Waals surface area contributed by atoms with Crippen LogP contribution in [-0.4, -0.2) is 16.0 Å². The summed E-state index contributed by atoms with van der Waals surface area (Å²) in [5, 5.41) is 6.26. The molecule has 0 saturated heterocycles. The van der Waals surface area contributed by atoms with Crippen LogP contribution in [0.15, 0.2) is 48.7 Å². The Hall–Kier alpha value is -2.24. The molecule has 160 valence electrons. The molecule has 0 aliphatic heterocycles. The number of thiazole rings is 1. The smallest absolute Gasteiger partial charge is 0.183 e. The summed E-state index contributed by atoms with van der Waals surface area (Å²) in [5.74, 6) is 1.00. The summed E-state index contributed by atoms with van der Waals surface area (Å²) in [6.07, 6.45) is 7.68. The van der Waals surface area contributed by atoms with E-state index in [1.807, 2.05) is 24.4 Å². The molecule has 31 heavy (non-hydrogen) atoms. The minimum atomic E-state index is -0.188. The van der Waals surface area contributed by atoms with Gasteiger partial charge in [-0.1, -0.05) is 22.9 Å². The van der Waals surface area contributed by atoms with Crippen molar-refractivity contribution in [2.24, 2.45) is 5.92 Å². The number of rotatable bonds is 5. The van der Waals surface area contributed by atoms with Gasteiger partial charge in [-0.05, 0) is 98.9 Å². The highest BCUT2D eigenvalue weighted by atomic mass is 35.5. The van der Waals surface area contributed by atoms with E-state index in [9.17, 15) is 4.39 Å². The standard InChI is InChI=1S/C25H25ClFN3S/c1-15(29-25-30-23-8-6-18(26)13-24(23)31-25)12-16-2-4-17(5-3-16)20-10-11-28-22-9-7-19(27)14-21(20)22/h6-11,13-17H,2-5,12H2,1H3,(H,29,30)/t15?,16-,17+. The third-order valence-electron chi connectivity index (χ3n) is 6.43. The maximum absolute atomic E-state index is 13.8. The van der Waals surface area contributed by atoms with Crippen LogP contribution in [0.1, 0.15) is 50.5 Å². The topological polar surface area (TPSA) is 37.8 Å². The summed E-state index contributed by atoms with van der Waals surface area (Å²) in [4.78, 5) is 9.09. The number of hydrogen-bond donors (Lipinski definition) is 1. The van der Waals surface area contributed by atoms with E-state index in [-0.39, 0.29) is 5.82 Å². The predicted octanol–water partition coefficient (Wildman–Crippen LogP) is 7.80. The Morgan fingerprint density at radius 2 is 1.90 bits per heavy atom. The lowest BCUT2D eigenvalue weighted by molar-refractivity contribution is 0.302. The fraction of sp³-hybridized carbons (Fsp3) is 0.360. The summed E-state index contributed by atoms with van der Waals surface area (Å²) in [7, 11) is 0. The van der Waals surface area contributed by atoms with Crippen LogP contribution < -0.4 is 5.32 Å². The van der Waals surface area contributed by atoms with Crippen LogP contribution >= 0.6 is 22.9 Å². The third-order valence-corrected chi connectivity index (χ3v) is 7.62. The van der Waals surface area contributed by atoms with E-state index in [2.05, 4.69) is 28.3 Å². The molecule has 6 heteroatoms. The summed E-state index contributed by atoms with van der Waals surface area (Å²) >= 11 is 7.75. The minimum absolute atomic E-state index is 0.188. The highest BCUT2D eigenvalue weighted by molar-refractivity contribution is 7.22. The number of anilines is 1. The van der Waals surface area contributed by atoms with Crippen molar-refractivity contribution in [3.63, 3.8) is 0 Å². The number of aromatic nitrogens is 2. The minimum Gasteiger partial charge on any atom is -0.359 e. The van der Waals surface area contributed by atoms with E-state index in [0.717, 1.165) is 50.5 Å². The fourth-order valence-corrected chi connectivity index (χ4v) is 6.19. The molecular formula is C25H25ClFN3S. The molecule has 1 N–H and O–H groups in total. The van der Waals surface area contributed by atoms with Crippen LogP contribution in [0, 0.1) is 11.7 Å². The van der Waals surface area contributed by atoms with Crippen LogP contribution in [0.2, 0.25) is 5.02 Å². The lowest BCUT2D eigenvalue weighted by Gasteiger charge is -2.31. The Balaban J connectivity index is 1.20.